The van der Waals surface area contributed by atoms with Crippen LogP contribution in [0.1, 0.15) is 5.56 Å². The highest BCUT2D eigenvalue weighted by atomic mass is 35.5. The van der Waals surface area contributed by atoms with Crippen LogP contribution in [-0.2, 0) is 0 Å². The van der Waals surface area contributed by atoms with Crippen LogP contribution < -0.4 is 5.19 Å². The summed E-state index contributed by atoms with van der Waals surface area (Å²) in [5.41, 5.74) is 1.23. The summed E-state index contributed by atoms with van der Waals surface area (Å²) >= 11 is 5.58. The Morgan fingerprint density at radius 3 is 2.14 bits per heavy atom. The molecule has 0 amide bonds. The average molecular weight is 225 g/mol. The van der Waals surface area contributed by atoms with E-state index < -0.39 is 8.07 Å². The number of alkyl halides is 1. The average Bonchev–Trinajstić information content (AvgIpc) is 2.14. The lowest BCUT2D eigenvalue weighted by Gasteiger charge is -2.16. The van der Waals surface area contributed by atoms with Gasteiger partial charge in [0.1, 0.15) is 0 Å². The van der Waals surface area contributed by atoms with Gasteiger partial charge in [-0.1, -0.05) is 61.2 Å². The van der Waals surface area contributed by atoms with Crippen LogP contribution in [0.25, 0.3) is 6.08 Å². The van der Waals surface area contributed by atoms with Crippen molar-refractivity contribution >= 4 is 30.9 Å². The normalized spacial score (nSPS) is 12.3. The molecule has 0 nitrogen and oxygen atoms in total. The fraction of sp³-hybridized carbons (Fsp3) is 0.333. The van der Waals surface area contributed by atoms with Crippen LogP contribution in [0, 0.1) is 0 Å². The molecule has 0 saturated carbocycles. The zero-order valence-corrected chi connectivity index (χ0v) is 10.8. The third kappa shape index (κ3) is 3.32. The summed E-state index contributed by atoms with van der Waals surface area (Å²) in [6.45, 7) is 7.07. The predicted molar refractivity (Wildman–Crippen MR) is 69.2 cm³/mol. The summed E-state index contributed by atoms with van der Waals surface area (Å²) in [7, 11) is -1.14. The first kappa shape index (κ1) is 11.5. The first-order valence-electron chi connectivity index (χ1n) is 4.87. The Kier molecular flexibility index (Phi) is 3.96. The second kappa shape index (κ2) is 4.81. The maximum Gasteiger partial charge on any atom is 0.0775 e. The van der Waals surface area contributed by atoms with Gasteiger partial charge in [0.15, 0.2) is 0 Å². The first-order valence-corrected chi connectivity index (χ1v) is 8.90. The van der Waals surface area contributed by atoms with Gasteiger partial charge >= 0.3 is 0 Å². The van der Waals surface area contributed by atoms with Gasteiger partial charge < -0.3 is 0 Å². The van der Waals surface area contributed by atoms with Gasteiger partial charge in [-0.25, -0.2) is 0 Å². The van der Waals surface area contributed by atoms with E-state index >= 15 is 0 Å². The molecule has 0 aliphatic rings. The van der Waals surface area contributed by atoms with Crippen LogP contribution in [0.15, 0.2) is 30.3 Å². The van der Waals surface area contributed by atoms with Crippen molar-refractivity contribution in [3.05, 3.63) is 35.9 Å². The van der Waals surface area contributed by atoms with E-state index in [0.29, 0.717) is 5.88 Å². The Morgan fingerprint density at radius 2 is 1.71 bits per heavy atom. The molecule has 2 heteroatoms. The van der Waals surface area contributed by atoms with Crippen LogP contribution in [0.2, 0.25) is 19.6 Å². The molecule has 0 atom stereocenters. The third-order valence-corrected chi connectivity index (χ3v) is 4.42. The van der Waals surface area contributed by atoms with Crippen LogP contribution in [0.3, 0.4) is 0 Å². The largest absolute Gasteiger partial charge is 0.122 e. The van der Waals surface area contributed by atoms with E-state index in [0.717, 1.165) is 0 Å². The fourth-order valence-corrected chi connectivity index (χ4v) is 2.53. The summed E-state index contributed by atoms with van der Waals surface area (Å²) in [4.78, 5) is 0. The third-order valence-electron chi connectivity index (χ3n) is 2.18. The molecule has 0 radical (unpaired) electrons. The van der Waals surface area contributed by atoms with E-state index in [1.54, 1.807) is 0 Å². The molecule has 0 unspecified atom stereocenters. The molecular weight excluding hydrogens is 208 g/mol. The molecular formula is C12H17ClSi. The molecule has 76 valence electrons. The Balaban J connectivity index is 2.84. The van der Waals surface area contributed by atoms with Gasteiger partial charge in [0.25, 0.3) is 0 Å². The van der Waals surface area contributed by atoms with E-state index in [9.17, 15) is 0 Å². The van der Waals surface area contributed by atoms with Crippen molar-refractivity contribution in [2.24, 2.45) is 0 Å². The van der Waals surface area contributed by atoms with E-state index in [1.165, 1.54) is 10.8 Å². The highest BCUT2D eigenvalue weighted by Gasteiger charge is 2.14. The fourth-order valence-electron chi connectivity index (χ4n) is 1.27. The first-order chi connectivity index (χ1) is 6.54. The second-order valence-electron chi connectivity index (χ2n) is 4.43. The zero-order valence-electron chi connectivity index (χ0n) is 9.05. The predicted octanol–water partition coefficient (Wildman–Crippen LogP) is 3.48. The molecule has 0 bridgehead atoms. The minimum absolute atomic E-state index is 0.579. The smallest absolute Gasteiger partial charge is 0.0775 e. The maximum absolute atomic E-state index is 5.58. The Morgan fingerprint density at radius 1 is 1.14 bits per heavy atom. The van der Waals surface area contributed by atoms with Gasteiger partial charge in [-0.05, 0) is 5.56 Å². The molecule has 0 aromatic heterocycles. The van der Waals surface area contributed by atoms with Crippen molar-refractivity contribution in [2.75, 3.05) is 5.88 Å². The van der Waals surface area contributed by atoms with E-state index in [-0.39, 0.29) is 0 Å². The lowest BCUT2D eigenvalue weighted by molar-refractivity contribution is 1.64. The van der Waals surface area contributed by atoms with Crippen LogP contribution in [0.5, 0.6) is 0 Å². The van der Waals surface area contributed by atoms with Gasteiger partial charge in [0.05, 0.1) is 8.07 Å². The molecule has 0 saturated heterocycles. The molecule has 0 spiro atoms. The topological polar surface area (TPSA) is 0 Å². The van der Waals surface area contributed by atoms with Crippen LogP contribution >= 0.6 is 11.6 Å². The van der Waals surface area contributed by atoms with Gasteiger partial charge in [-0.3, -0.25) is 0 Å². The summed E-state index contributed by atoms with van der Waals surface area (Å²) in [5, 5.41) is 1.50. The SMILES string of the molecule is C[Si](C)(C)c1ccc(C=CCCl)cc1. The van der Waals surface area contributed by atoms with Gasteiger partial charge in [0, 0.05) is 5.88 Å². The number of halogens is 1. The van der Waals surface area contributed by atoms with Crippen molar-refractivity contribution in [3.63, 3.8) is 0 Å². The van der Waals surface area contributed by atoms with Gasteiger partial charge in [0.2, 0.25) is 0 Å². The minimum atomic E-state index is -1.14. The lowest BCUT2D eigenvalue weighted by atomic mass is 10.2. The molecule has 1 aromatic rings. The van der Waals surface area contributed by atoms with E-state index in [4.69, 9.17) is 11.6 Å². The Hall–Kier alpha value is -0.533. The minimum Gasteiger partial charge on any atom is -0.122 e. The number of rotatable bonds is 3. The highest BCUT2D eigenvalue weighted by Crippen LogP contribution is 2.05. The number of hydrogen-bond donors (Lipinski definition) is 0. The lowest BCUT2D eigenvalue weighted by Crippen LogP contribution is -2.37. The molecule has 0 aliphatic heterocycles. The summed E-state index contributed by atoms with van der Waals surface area (Å²) in [5.74, 6) is 0.579. The second-order valence-corrected chi connectivity index (χ2v) is 9.81. The molecule has 1 rings (SSSR count). The number of hydrogen-bond acceptors (Lipinski definition) is 0. The molecule has 14 heavy (non-hydrogen) atoms. The van der Waals surface area contributed by atoms with Crippen molar-refractivity contribution in [2.45, 2.75) is 19.6 Å². The van der Waals surface area contributed by atoms with Crippen LogP contribution in [-0.4, -0.2) is 14.0 Å². The van der Waals surface area contributed by atoms with E-state index in [1.807, 2.05) is 6.08 Å². The Labute approximate surface area is 92.6 Å². The maximum atomic E-state index is 5.58. The van der Waals surface area contributed by atoms with Gasteiger partial charge in [-0.2, -0.15) is 0 Å². The van der Waals surface area contributed by atoms with Crippen LogP contribution in [0.4, 0.5) is 0 Å². The molecule has 0 N–H and O–H groups in total. The van der Waals surface area contributed by atoms with Crippen molar-refractivity contribution < 1.29 is 0 Å². The standard InChI is InChI=1S/C12H17ClSi/c1-14(2,3)12-8-6-11(7-9-12)5-4-10-13/h4-9H,10H2,1-3H3. The molecule has 0 aliphatic carbocycles. The Bertz CT molecular complexity index is 306. The van der Waals surface area contributed by atoms with Crippen molar-refractivity contribution in [1.29, 1.82) is 0 Å². The number of allylic oxidation sites excluding steroid dienone is 1. The monoisotopic (exact) mass is 224 g/mol. The summed E-state index contributed by atoms with van der Waals surface area (Å²) in [6.07, 6.45) is 4.02. The highest BCUT2D eigenvalue weighted by molar-refractivity contribution is 6.88. The van der Waals surface area contributed by atoms with Gasteiger partial charge in [-0.15, -0.1) is 11.6 Å². The summed E-state index contributed by atoms with van der Waals surface area (Å²) < 4.78 is 0. The van der Waals surface area contributed by atoms with E-state index in [2.05, 4.69) is 50.0 Å². The number of benzene rings is 1. The quantitative estimate of drug-likeness (QED) is 0.545. The zero-order chi connectivity index (χ0) is 10.6. The van der Waals surface area contributed by atoms with Crippen molar-refractivity contribution in [1.82, 2.24) is 0 Å². The molecule has 0 heterocycles. The summed E-state index contributed by atoms with van der Waals surface area (Å²) in [6, 6.07) is 8.80. The van der Waals surface area contributed by atoms with Crippen molar-refractivity contribution in [3.8, 4) is 0 Å². The molecule has 0 fully saturated rings. The molecule has 1 aromatic carbocycles.